The molecule has 1 amide bonds. The van der Waals surface area contributed by atoms with Gasteiger partial charge in [0.15, 0.2) is 5.82 Å². The van der Waals surface area contributed by atoms with Crippen LogP contribution in [-0.4, -0.2) is 36.2 Å². The number of benzene rings is 2. The van der Waals surface area contributed by atoms with E-state index in [1.54, 1.807) is 31.5 Å². The second-order valence-corrected chi connectivity index (χ2v) is 7.65. The van der Waals surface area contributed by atoms with Crippen molar-refractivity contribution in [2.24, 2.45) is 5.73 Å². The number of aromatic nitrogens is 1. The van der Waals surface area contributed by atoms with Gasteiger partial charge in [0.05, 0.1) is 29.8 Å². The Kier molecular flexibility index (Phi) is 6.13. The summed E-state index contributed by atoms with van der Waals surface area (Å²) in [5.41, 5.74) is 9.18. The van der Waals surface area contributed by atoms with Gasteiger partial charge in [0, 0.05) is 42.8 Å². The highest BCUT2D eigenvalue weighted by Gasteiger charge is 2.29. The molecular formula is C24H25FN6O. The molecule has 7 nitrogen and oxygen atoms in total. The van der Waals surface area contributed by atoms with Crippen LogP contribution < -0.4 is 20.9 Å². The molecule has 1 aromatic heterocycles. The number of anilines is 4. The lowest BCUT2D eigenvalue weighted by Crippen LogP contribution is -2.51. The summed E-state index contributed by atoms with van der Waals surface area (Å²) in [6.07, 6.45) is 3.39. The third-order valence-corrected chi connectivity index (χ3v) is 5.48. The SMILES string of the molecule is CC(=N)c1ccc(N2CCN(c3cccnc3)CC2=O)c(F)c1Nc1cccc(CN)c1. The van der Waals surface area contributed by atoms with Gasteiger partial charge in [0.2, 0.25) is 5.91 Å². The van der Waals surface area contributed by atoms with E-state index in [2.05, 4.69) is 10.3 Å². The number of piperazine rings is 1. The van der Waals surface area contributed by atoms with Crippen LogP contribution >= 0.6 is 0 Å². The molecule has 1 saturated heterocycles. The molecule has 1 aliphatic heterocycles. The Morgan fingerprint density at radius 2 is 2.06 bits per heavy atom. The zero-order valence-corrected chi connectivity index (χ0v) is 17.8. The van der Waals surface area contributed by atoms with Crippen molar-refractivity contribution >= 4 is 34.4 Å². The van der Waals surface area contributed by atoms with Crippen LogP contribution in [0.25, 0.3) is 0 Å². The third kappa shape index (κ3) is 4.31. The number of hydrogen-bond donors (Lipinski definition) is 3. The fourth-order valence-corrected chi connectivity index (χ4v) is 3.82. The summed E-state index contributed by atoms with van der Waals surface area (Å²) in [7, 11) is 0. The number of rotatable bonds is 6. The van der Waals surface area contributed by atoms with Crippen molar-refractivity contribution in [3.05, 3.63) is 77.9 Å². The molecule has 0 aliphatic carbocycles. The number of carbonyl (C=O) groups excluding carboxylic acids is 1. The zero-order valence-electron chi connectivity index (χ0n) is 17.8. The van der Waals surface area contributed by atoms with Gasteiger partial charge < -0.3 is 26.3 Å². The Morgan fingerprint density at radius 3 is 2.75 bits per heavy atom. The highest BCUT2D eigenvalue weighted by molar-refractivity contribution is 6.04. The van der Waals surface area contributed by atoms with Crippen molar-refractivity contribution in [3.8, 4) is 0 Å². The van der Waals surface area contributed by atoms with Gasteiger partial charge in [-0.15, -0.1) is 0 Å². The van der Waals surface area contributed by atoms with Crippen LogP contribution in [-0.2, 0) is 11.3 Å². The summed E-state index contributed by atoms with van der Waals surface area (Å²) in [6.45, 7) is 3.01. The monoisotopic (exact) mass is 432 g/mol. The molecule has 2 heterocycles. The summed E-state index contributed by atoms with van der Waals surface area (Å²) in [5.74, 6) is -0.759. The van der Waals surface area contributed by atoms with Gasteiger partial charge in [-0.2, -0.15) is 0 Å². The Labute approximate surface area is 186 Å². The smallest absolute Gasteiger partial charge is 0.246 e. The summed E-state index contributed by atoms with van der Waals surface area (Å²) < 4.78 is 15.7. The van der Waals surface area contributed by atoms with Crippen molar-refractivity contribution in [1.29, 1.82) is 5.41 Å². The Bertz CT molecular complexity index is 1150. The standard InChI is InChI=1S/C24H25FN6O/c1-16(27)20-7-8-21(23(25)24(20)29-18-5-2-4-17(12-18)13-26)31-11-10-30(15-22(31)32)19-6-3-9-28-14-19/h2-9,12,14,27,29H,10-11,13,15,26H2,1H3. The van der Waals surface area contributed by atoms with Gasteiger partial charge >= 0.3 is 0 Å². The summed E-state index contributed by atoms with van der Waals surface area (Å²) in [4.78, 5) is 20.4. The van der Waals surface area contributed by atoms with Crippen molar-refractivity contribution in [1.82, 2.24) is 4.98 Å². The second kappa shape index (κ2) is 9.15. The van der Waals surface area contributed by atoms with Crippen molar-refractivity contribution in [2.45, 2.75) is 13.5 Å². The van der Waals surface area contributed by atoms with E-state index in [4.69, 9.17) is 11.1 Å². The molecule has 164 valence electrons. The molecule has 0 atom stereocenters. The maximum Gasteiger partial charge on any atom is 0.246 e. The molecule has 0 bridgehead atoms. The summed E-state index contributed by atoms with van der Waals surface area (Å²) in [5, 5.41) is 11.2. The first-order chi connectivity index (χ1) is 15.5. The van der Waals surface area contributed by atoms with Gasteiger partial charge in [0.25, 0.3) is 0 Å². The lowest BCUT2D eigenvalue weighted by molar-refractivity contribution is -0.117. The lowest BCUT2D eigenvalue weighted by Gasteiger charge is -2.36. The van der Waals surface area contributed by atoms with Crippen molar-refractivity contribution in [3.63, 3.8) is 0 Å². The molecule has 2 aromatic carbocycles. The largest absolute Gasteiger partial charge is 0.359 e. The predicted molar refractivity (Wildman–Crippen MR) is 125 cm³/mol. The molecule has 1 fully saturated rings. The summed E-state index contributed by atoms with van der Waals surface area (Å²) >= 11 is 0. The minimum Gasteiger partial charge on any atom is -0.359 e. The van der Waals surface area contributed by atoms with Crippen molar-refractivity contribution in [2.75, 3.05) is 34.8 Å². The van der Waals surface area contributed by atoms with E-state index in [9.17, 15) is 4.79 Å². The molecular weight excluding hydrogens is 407 g/mol. The molecule has 32 heavy (non-hydrogen) atoms. The van der Waals surface area contributed by atoms with Crippen LogP contribution in [0.15, 0.2) is 60.9 Å². The fourth-order valence-electron chi connectivity index (χ4n) is 3.82. The normalized spacial score (nSPS) is 13.9. The summed E-state index contributed by atoms with van der Waals surface area (Å²) in [6, 6.07) is 14.3. The van der Waals surface area contributed by atoms with Crippen molar-refractivity contribution < 1.29 is 9.18 Å². The van der Waals surface area contributed by atoms with Crippen LogP contribution in [0.5, 0.6) is 0 Å². The van der Waals surface area contributed by atoms with E-state index in [0.29, 0.717) is 30.9 Å². The molecule has 0 radical (unpaired) electrons. The van der Waals surface area contributed by atoms with E-state index in [1.807, 2.05) is 41.3 Å². The van der Waals surface area contributed by atoms with E-state index in [1.165, 1.54) is 4.90 Å². The first kappa shape index (κ1) is 21.5. The molecule has 0 unspecified atom stereocenters. The number of nitrogens with one attached hydrogen (secondary N) is 2. The maximum atomic E-state index is 15.7. The average molecular weight is 433 g/mol. The number of halogens is 1. The first-order valence-electron chi connectivity index (χ1n) is 10.4. The third-order valence-electron chi connectivity index (χ3n) is 5.48. The molecule has 0 spiro atoms. The predicted octanol–water partition coefficient (Wildman–Crippen LogP) is 3.66. The highest BCUT2D eigenvalue weighted by atomic mass is 19.1. The molecule has 4 rings (SSSR count). The highest BCUT2D eigenvalue weighted by Crippen LogP contribution is 2.33. The van der Waals surface area contributed by atoms with Gasteiger partial charge in [-0.3, -0.25) is 9.78 Å². The topological polar surface area (TPSA) is 98.3 Å². The average Bonchev–Trinajstić information content (AvgIpc) is 2.81. The van der Waals surface area contributed by atoms with Gasteiger partial charge in [-0.1, -0.05) is 12.1 Å². The second-order valence-electron chi connectivity index (χ2n) is 7.65. The lowest BCUT2D eigenvalue weighted by atomic mass is 10.1. The number of nitrogens with two attached hydrogens (primary N) is 1. The molecule has 4 N–H and O–H groups in total. The van der Waals surface area contributed by atoms with Crippen LogP contribution in [0, 0.1) is 11.2 Å². The van der Waals surface area contributed by atoms with E-state index in [-0.39, 0.29) is 29.5 Å². The number of nitrogens with zero attached hydrogens (tertiary/aromatic N) is 3. The quantitative estimate of drug-likeness (QED) is 0.517. The van der Waals surface area contributed by atoms with E-state index >= 15 is 4.39 Å². The Morgan fingerprint density at radius 1 is 1.22 bits per heavy atom. The molecule has 8 heteroatoms. The van der Waals surface area contributed by atoms with E-state index < -0.39 is 5.82 Å². The van der Waals surface area contributed by atoms with Gasteiger partial charge in [-0.05, 0) is 48.9 Å². The molecule has 3 aromatic rings. The minimum absolute atomic E-state index is 0.137. The number of hydrogen-bond acceptors (Lipinski definition) is 6. The van der Waals surface area contributed by atoms with Crippen LogP contribution in [0.2, 0.25) is 0 Å². The minimum atomic E-state index is -0.560. The Balaban J connectivity index is 1.64. The number of pyridine rings is 1. The number of carbonyl (C=O) groups is 1. The molecule has 1 aliphatic rings. The van der Waals surface area contributed by atoms with Crippen LogP contribution in [0.3, 0.4) is 0 Å². The number of amides is 1. The van der Waals surface area contributed by atoms with E-state index in [0.717, 1.165) is 11.3 Å². The maximum absolute atomic E-state index is 15.7. The van der Waals surface area contributed by atoms with Crippen LogP contribution in [0.4, 0.5) is 27.1 Å². The Hall–Kier alpha value is -3.78. The van der Waals surface area contributed by atoms with Gasteiger partial charge in [-0.25, -0.2) is 4.39 Å². The molecule has 0 saturated carbocycles. The fraction of sp³-hybridized carbons (Fsp3) is 0.208. The zero-order chi connectivity index (χ0) is 22.7. The first-order valence-corrected chi connectivity index (χ1v) is 10.4. The van der Waals surface area contributed by atoms with Gasteiger partial charge in [0.1, 0.15) is 0 Å². The van der Waals surface area contributed by atoms with Crippen LogP contribution in [0.1, 0.15) is 18.1 Å².